The number of thiophene rings is 1. The molecule has 1 amide bonds. The van der Waals surface area contributed by atoms with Crippen molar-refractivity contribution in [3.8, 4) is 5.75 Å². The van der Waals surface area contributed by atoms with Crippen molar-refractivity contribution in [2.75, 3.05) is 7.05 Å². The second-order valence-electron chi connectivity index (χ2n) is 4.84. The first-order valence-electron chi connectivity index (χ1n) is 7.04. The van der Waals surface area contributed by atoms with E-state index in [1.165, 1.54) is 13.1 Å². The van der Waals surface area contributed by atoms with Crippen LogP contribution < -0.4 is 14.8 Å². The highest BCUT2D eigenvalue weighted by molar-refractivity contribution is 7.91. The van der Waals surface area contributed by atoms with Gasteiger partial charge in [-0.3, -0.25) is 4.79 Å². The highest BCUT2D eigenvalue weighted by Gasteiger charge is 2.17. The number of halogens is 1. The Morgan fingerprint density at radius 3 is 2.67 bits per heavy atom. The molecule has 1 aromatic heterocycles. The Kier molecular flexibility index (Phi) is 6.22. The number of sulfonamides is 1. The number of ether oxygens (including phenoxy) is 1. The topological polar surface area (TPSA) is 84.5 Å². The summed E-state index contributed by atoms with van der Waals surface area (Å²) in [6.45, 7) is 1.84. The minimum absolute atomic E-state index is 0.203. The lowest BCUT2D eigenvalue weighted by Crippen LogP contribution is -2.35. The summed E-state index contributed by atoms with van der Waals surface area (Å²) in [5, 5.41) is 3.14. The van der Waals surface area contributed by atoms with E-state index < -0.39 is 16.1 Å². The second-order valence-corrected chi connectivity index (χ2v) is 8.53. The van der Waals surface area contributed by atoms with E-state index in [2.05, 4.69) is 10.0 Å². The van der Waals surface area contributed by atoms with Gasteiger partial charge in [0.1, 0.15) is 9.96 Å². The van der Waals surface area contributed by atoms with E-state index in [-0.39, 0.29) is 16.7 Å². The van der Waals surface area contributed by atoms with E-state index in [4.69, 9.17) is 16.3 Å². The predicted molar refractivity (Wildman–Crippen MR) is 94.0 cm³/mol. The van der Waals surface area contributed by atoms with Crippen LogP contribution in [0.15, 0.2) is 40.6 Å². The maximum Gasteiger partial charge on any atom is 0.261 e. The molecule has 0 fully saturated rings. The average Bonchev–Trinajstić information content (AvgIpc) is 3.04. The molecule has 1 heterocycles. The third-order valence-corrected chi connectivity index (χ3v) is 6.42. The quantitative estimate of drug-likeness (QED) is 0.762. The third kappa shape index (κ3) is 4.70. The molecule has 0 aliphatic heterocycles. The number of nitrogens with one attached hydrogen (secondary N) is 2. The van der Waals surface area contributed by atoms with Crippen molar-refractivity contribution in [1.82, 2.24) is 10.0 Å². The fraction of sp³-hybridized carbons (Fsp3) is 0.267. The Bertz CT molecular complexity index is 820. The number of rotatable bonds is 7. The van der Waals surface area contributed by atoms with Gasteiger partial charge in [0, 0.05) is 4.88 Å². The van der Waals surface area contributed by atoms with Gasteiger partial charge in [-0.05, 0) is 38.2 Å². The van der Waals surface area contributed by atoms with Gasteiger partial charge < -0.3 is 10.1 Å². The molecule has 1 atom stereocenters. The number of amides is 1. The molecule has 130 valence electrons. The zero-order chi connectivity index (χ0) is 17.7. The summed E-state index contributed by atoms with van der Waals surface area (Å²) in [5.41, 5.74) is 0. The number of benzene rings is 1. The number of para-hydroxylation sites is 1. The Labute approximate surface area is 149 Å². The minimum Gasteiger partial charge on any atom is -0.479 e. The first-order chi connectivity index (χ1) is 11.3. The van der Waals surface area contributed by atoms with Crippen LogP contribution in [0.2, 0.25) is 5.02 Å². The molecule has 0 spiro atoms. The molecule has 0 saturated carbocycles. The normalized spacial score (nSPS) is 12.6. The molecule has 2 aromatic rings. The van der Waals surface area contributed by atoms with Gasteiger partial charge in [-0.25, -0.2) is 13.1 Å². The van der Waals surface area contributed by atoms with Crippen molar-refractivity contribution in [3.63, 3.8) is 0 Å². The molecule has 0 aliphatic rings. The van der Waals surface area contributed by atoms with Crippen LogP contribution >= 0.6 is 22.9 Å². The van der Waals surface area contributed by atoms with Gasteiger partial charge in [-0.1, -0.05) is 23.7 Å². The van der Waals surface area contributed by atoms with Gasteiger partial charge in [0.15, 0.2) is 6.10 Å². The summed E-state index contributed by atoms with van der Waals surface area (Å²) in [6, 6.07) is 10.1. The lowest BCUT2D eigenvalue weighted by molar-refractivity contribution is -0.127. The van der Waals surface area contributed by atoms with E-state index >= 15 is 0 Å². The van der Waals surface area contributed by atoms with Crippen molar-refractivity contribution in [1.29, 1.82) is 0 Å². The minimum atomic E-state index is -3.46. The van der Waals surface area contributed by atoms with Gasteiger partial charge in [0.25, 0.3) is 5.91 Å². The molecule has 0 radical (unpaired) electrons. The number of carbonyl (C=O) groups excluding carboxylic acids is 1. The standard InChI is InChI=1S/C15H17ClN2O4S2/c1-10(22-13-6-4-3-5-12(13)16)15(19)18-9-11-7-8-14(23-11)24(20,21)17-2/h3-8,10,17H,9H2,1-2H3,(H,18,19). The lowest BCUT2D eigenvalue weighted by atomic mass is 10.3. The van der Waals surface area contributed by atoms with Crippen molar-refractivity contribution >= 4 is 38.9 Å². The molecule has 1 unspecified atom stereocenters. The van der Waals surface area contributed by atoms with E-state index in [1.54, 1.807) is 37.3 Å². The van der Waals surface area contributed by atoms with E-state index in [0.717, 1.165) is 16.2 Å². The molecule has 0 bridgehead atoms. The van der Waals surface area contributed by atoms with Crippen LogP contribution in [0.25, 0.3) is 0 Å². The van der Waals surface area contributed by atoms with Gasteiger partial charge in [-0.2, -0.15) is 0 Å². The summed E-state index contributed by atoms with van der Waals surface area (Å²) in [6.07, 6.45) is -0.731. The van der Waals surface area contributed by atoms with Crippen molar-refractivity contribution in [2.45, 2.75) is 23.8 Å². The van der Waals surface area contributed by atoms with Crippen LogP contribution in [-0.4, -0.2) is 27.5 Å². The molecule has 2 N–H and O–H groups in total. The summed E-state index contributed by atoms with van der Waals surface area (Å²) >= 11 is 7.08. The number of carbonyl (C=O) groups is 1. The largest absolute Gasteiger partial charge is 0.479 e. The Morgan fingerprint density at radius 1 is 1.29 bits per heavy atom. The van der Waals surface area contributed by atoms with Crippen LogP contribution in [0.1, 0.15) is 11.8 Å². The molecular formula is C15H17ClN2O4S2. The van der Waals surface area contributed by atoms with Crippen LogP contribution in [0, 0.1) is 0 Å². The summed E-state index contributed by atoms with van der Waals surface area (Å²) < 4.78 is 31.3. The van der Waals surface area contributed by atoms with Crippen molar-refractivity contribution in [3.05, 3.63) is 46.3 Å². The Morgan fingerprint density at radius 2 is 2.00 bits per heavy atom. The molecule has 24 heavy (non-hydrogen) atoms. The van der Waals surface area contributed by atoms with Crippen molar-refractivity contribution < 1.29 is 17.9 Å². The molecular weight excluding hydrogens is 372 g/mol. The SMILES string of the molecule is CNS(=O)(=O)c1ccc(CNC(=O)C(C)Oc2ccccc2Cl)s1. The Balaban J connectivity index is 1.92. The molecule has 1 aromatic carbocycles. The van der Waals surface area contributed by atoms with Gasteiger partial charge in [0.05, 0.1) is 11.6 Å². The van der Waals surface area contributed by atoms with E-state index in [9.17, 15) is 13.2 Å². The van der Waals surface area contributed by atoms with Crippen LogP contribution in [-0.2, 0) is 21.4 Å². The number of hydrogen-bond donors (Lipinski definition) is 2. The zero-order valence-electron chi connectivity index (χ0n) is 13.1. The summed E-state index contributed by atoms with van der Waals surface area (Å²) in [4.78, 5) is 12.8. The fourth-order valence-electron chi connectivity index (χ4n) is 1.80. The molecule has 9 heteroatoms. The highest BCUT2D eigenvalue weighted by Crippen LogP contribution is 2.24. The summed E-state index contributed by atoms with van der Waals surface area (Å²) in [5.74, 6) is 0.113. The van der Waals surface area contributed by atoms with Gasteiger partial charge in [0.2, 0.25) is 10.0 Å². The lowest BCUT2D eigenvalue weighted by Gasteiger charge is -2.15. The van der Waals surface area contributed by atoms with E-state index in [0.29, 0.717) is 10.8 Å². The zero-order valence-corrected chi connectivity index (χ0v) is 15.5. The monoisotopic (exact) mass is 388 g/mol. The van der Waals surface area contributed by atoms with Gasteiger partial charge >= 0.3 is 0 Å². The highest BCUT2D eigenvalue weighted by atomic mass is 35.5. The second kappa shape index (κ2) is 7.98. The fourth-order valence-corrected chi connectivity index (χ4v) is 4.11. The van der Waals surface area contributed by atoms with Crippen molar-refractivity contribution in [2.24, 2.45) is 0 Å². The Hall–Kier alpha value is -1.61. The maximum absolute atomic E-state index is 12.1. The average molecular weight is 389 g/mol. The van der Waals surface area contributed by atoms with Gasteiger partial charge in [-0.15, -0.1) is 11.3 Å². The smallest absolute Gasteiger partial charge is 0.261 e. The number of hydrogen-bond acceptors (Lipinski definition) is 5. The first kappa shape index (κ1) is 18.7. The summed E-state index contributed by atoms with van der Waals surface area (Å²) in [7, 11) is -2.11. The maximum atomic E-state index is 12.1. The predicted octanol–water partition coefficient (Wildman–Crippen LogP) is 2.39. The van der Waals surface area contributed by atoms with Crippen LogP contribution in [0.5, 0.6) is 5.75 Å². The molecule has 0 aliphatic carbocycles. The molecule has 6 nitrogen and oxygen atoms in total. The molecule has 2 rings (SSSR count). The first-order valence-corrected chi connectivity index (χ1v) is 9.72. The van der Waals surface area contributed by atoms with Crippen LogP contribution in [0.3, 0.4) is 0 Å². The molecule has 0 saturated heterocycles. The third-order valence-electron chi connectivity index (χ3n) is 3.12. The van der Waals surface area contributed by atoms with E-state index in [1.807, 2.05) is 0 Å². The van der Waals surface area contributed by atoms with Crippen LogP contribution in [0.4, 0.5) is 0 Å².